The number of carbonyl (C=O) groups excluding carboxylic acids is 1. The van der Waals surface area contributed by atoms with Gasteiger partial charge in [-0.1, -0.05) is 0 Å². The SMILES string of the molecule is CCOc1cc(C(=O)NNS(=O)(=O)c2ccc(OC)c(OC)c2)cc(OCC)c1OCC. The first-order valence-corrected chi connectivity index (χ1v) is 11.4. The predicted octanol–water partition coefficient (Wildman–Crippen LogP) is 2.52. The van der Waals surface area contributed by atoms with E-state index in [1.165, 1.54) is 44.6 Å². The van der Waals surface area contributed by atoms with Crippen LogP contribution in [0.3, 0.4) is 0 Å². The van der Waals surface area contributed by atoms with Gasteiger partial charge in [0.05, 0.1) is 38.9 Å². The second kappa shape index (κ2) is 11.4. The van der Waals surface area contributed by atoms with Crippen LogP contribution in [-0.2, 0) is 10.0 Å². The summed E-state index contributed by atoms with van der Waals surface area (Å²) in [5, 5.41) is 0. The molecule has 10 nitrogen and oxygen atoms in total. The number of hydrazine groups is 1. The molecule has 0 spiro atoms. The van der Waals surface area contributed by atoms with Gasteiger partial charge >= 0.3 is 0 Å². The Balaban J connectivity index is 2.28. The number of benzene rings is 2. The number of hydrogen-bond acceptors (Lipinski definition) is 8. The first kappa shape index (κ1) is 25.1. The minimum Gasteiger partial charge on any atom is -0.493 e. The summed E-state index contributed by atoms with van der Waals surface area (Å²) < 4.78 is 52.2. The Morgan fingerprint density at radius 3 is 1.88 bits per heavy atom. The van der Waals surface area contributed by atoms with E-state index in [9.17, 15) is 13.2 Å². The number of sulfonamides is 1. The number of carbonyl (C=O) groups is 1. The second-order valence-electron chi connectivity index (χ2n) is 6.18. The lowest BCUT2D eigenvalue weighted by Crippen LogP contribution is -2.41. The number of rotatable bonds is 12. The molecule has 0 aliphatic heterocycles. The third-order valence-electron chi connectivity index (χ3n) is 4.14. The lowest BCUT2D eigenvalue weighted by molar-refractivity contribution is 0.0944. The molecule has 0 fully saturated rings. The van der Waals surface area contributed by atoms with Crippen LogP contribution >= 0.6 is 0 Å². The van der Waals surface area contributed by atoms with Crippen LogP contribution in [0, 0.1) is 0 Å². The minimum absolute atomic E-state index is 0.118. The molecule has 0 aliphatic rings. The zero-order valence-corrected chi connectivity index (χ0v) is 19.5. The monoisotopic (exact) mass is 468 g/mol. The van der Waals surface area contributed by atoms with Gasteiger partial charge < -0.3 is 23.7 Å². The van der Waals surface area contributed by atoms with Gasteiger partial charge in [0.25, 0.3) is 15.9 Å². The van der Waals surface area contributed by atoms with Gasteiger partial charge in [-0.3, -0.25) is 10.2 Å². The van der Waals surface area contributed by atoms with E-state index >= 15 is 0 Å². The number of hydrogen-bond donors (Lipinski definition) is 2. The van der Waals surface area contributed by atoms with Gasteiger partial charge in [-0.15, -0.1) is 4.83 Å². The number of methoxy groups -OCH3 is 2. The van der Waals surface area contributed by atoms with Crippen molar-refractivity contribution < 1.29 is 36.9 Å². The molecule has 2 aromatic rings. The Morgan fingerprint density at radius 2 is 1.38 bits per heavy atom. The Hall–Kier alpha value is -3.18. The first-order valence-electron chi connectivity index (χ1n) is 9.91. The van der Waals surface area contributed by atoms with Crippen molar-refractivity contribution in [3.8, 4) is 28.7 Å². The molecule has 32 heavy (non-hydrogen) atoms. The largest absolute Gasteiger partial charge is 0.493 e. The molecular weight excluding hydrogens is 440 g/mol. The van der Waals surface area contributed by atoms with Gasteiger partial charge in [-0.2, -0.15) is 0 Å². The van der Waals surface area contributed by atoms with Crippen molar-refractivity contribution in [1.29, 1.82) is 0 Å². The molecule has 2 rings (SSSR count). The maximum atomic E-state index is 12.7. The molecule has 0 saturated heterocycles. The predicted molar refractivity (Wildman–Crippen MR) is 117 cm³/mol. The Morgan fingerprint density at radius 1 is 0.812 bits per heavy atom. The molecule has 2 aromatic carbocycles. The van der Waals surface area contributed by atoms with Crippen LogP contribution in [0.15, 0.2) is 35.2 Å². The average molecular weight is 469 g/mol. The summed E-state index contributed by atoms with van der Waals surface area (Å²) in [6.07, 6.45) is 0. The summed E-state index contributed by atoms with van der Waals surface area (Å²) in [6, 6.07) is 6.97. The van der Waals surface area contributed by atoms with E-state index in [-0.39, 0.29) is 16.2 Å². The fraction of sp³-hybridized carbons (Fsp3) is 0.381. The Labute approximate surface area is 187 Å². The fourth-order valence-electron chi connectivity index (χ4n) is 2.75. The van der Waals surface area contributed by atoms with Crippen molar-refractivity contribution >= 4 is 15.9 Å². The van der Waals surface area contributed by atoms with E-state index in [0.29, 0.717) is 42.8 Å². The number of amides is 1. The maximum Gasteiger partial charge on any atom is 0.266 e. The molecule has 0 heterocycles. The van der Waals surface area contributed by atoms with Gasteiger partial charge in [0.1, 0.15) is 0 Å². The van der Waals surface area contributed by atoms with Gasteiger partial charge in [0.2, 0.25) is 5.75 Å². The second-order valence-corrected chi connectivity index (χ2v) is 7.86. The lowest BCUT2D eigenvalue weighted by Gasteiger charge is -2.17. The smallest absolute Gasteiger partial charge is 0.266 e. The number of ether oxygens (including phenoxy) is 5. The van der Waals surface area contributed by atoms with Crippen molar-refractivity contribution in [1.82, 2.24) is 10.3 Å². The van der Waals surface area contributed by atoms with Crippen molar-refractivity contribution in [3.05, 3.63) is 35.9 Å². The molecule has 0 atom stereocenters. The highest BCUT2D eigenvalue weighted by atomic mass is 32.2. The van der Waals surface area contributed by atoms with Gasteiger partial charge in [-0.05, 0) is 45.0 Å². The molecule has 2 N–H and O–H groups in total. The van der Waals surface area contributed by atoms with E-state index in [4.69, 9.17) is 23.7 Å². The minimum atomic E-state index is -4.08. The molecule has 0 bridgehead atoms. The molecular formula is C21H28N2O8S. The van der Waals surface area contributed by atoms with E-state index < -0.39 is 15.9 Å². The summed E-state index contributed by atoms with van der Waals surface area (Å²) in [6.45, 7) is 6.44. The fourth-order valence-corrected chi connectivity index (χ4v) is 3.60. The molecule has 0 radical (unpaired) electrons. The average Bonchev–Trinajstić information content (AvgIpc) is 2.79. The highest BCUT2D eigenvalue weighted by Crippen LogP contribution is 2.39. The van der Waals surface area contributed by atoms with Gasteiger partial charge in [-0.25, -0.2) is 8.42 Å². The molecule has 0 saturated carbocycles. The highest BCUT2D eigenvalue weighted by Gasteiger charge is 2.21. The van der Waals surface area contributed by atoms with Gasteiger partial charge in [0.15, 0.2) is 23.0 Å². The maximum absolute atomic E-state index is 12.7. The first-order chi connectivity index (χ1) is 15.3. The lowest BCUT2D eigenvalue weighted by atomic mass is 10.1. The molecule has 1 amide bonds. The van der Waals surface area contributed by atoms with Crippen LogP contribution in [0.1, 0.15) is 31.1 Å². The van der Waals surface area contributed by atoms with Crippen LogP contribution in [0.2, 0.25) is 0 Å². The zero-order chi connectivity index (χ0) is 23.7. The van der Waals surface area contributed by atoms with Crippen molar-refractivity contribution in [2.75, 3.05) is 34.0 Å². The van der Waals surface area contributed by atoms with E-state index in [0.717, 1.165) is 0 Å². The summed E-state index contributed by atoms with van der Waals surface area (Å²) in [5.41, 5.74) is 2.31. The van der Waals surface area contributed by atoms with E-state index in [1.54, 1.807) is 13.8 Å². The molecule has 176 valence electrons. The number of nitrogens with one attached hydrogen (secondary N) is 2. The van der Waals surface area contributed by atoms with Crippen LogP contribution in [-0.4, -0.2) is 48.4 Å². The summed E-state index contributed by atoms with van der Waals surface area (Å²) in [5.74, 6) is 0.895. The quantitative estimate of drug-likeness (QED) is 0.456. The molecule has 0 aromatic heterocycles. The molecule has 11 heteroatoms. The van der Waals surface area contributed by atoms with Crippen molar-refractivity contribution in [2.45, 2.75) is 25.7 Å². The topological polar surface area (TPSA) is 121 Å². The van der Waals surface area contributed by atoms with Crippen LogP contribution in [0.25, 0.3) is 0 Å². The third-order valence-corrected chi connectivity index (χ3v) is 5.38. The van der Waals surface area contributed by atoms with E-state index in [2.05, 4.69) is 10.3 Å². The van der Waals surface area contributed by atoms with E-state index in [1.807, 2.05) is 6.92 Å². The summed E-state index contributed by atoms with van der Waals surface area (Å²) in [4.78, 5) is 14.6. The van der Waals surface area contributed by atoms with Crippen LogP contribution in [0.4, 0.5) is 0 Å². The summed E-state index contributed by atoms with van der Waals surface area (Å²) in [7, 11) is -1.25. The molecule has 0 unspecified atom stereocenters. The van der Waals surface area contributed by atoms with Crippen LogP contribution in [0.5, 0.6) is 28.7 Å². The van der Waals surface area contributed by atoms with Gasteiger partial charge in [0, 0.05) is 11.6 Å². The van der Waals surface area contributed by atoms with Crippen LogP contribution < -0.4 is 33.9 Å². The van der Waals surface area contributed by atoms with Crippen molar-refractivity contribution in [3.63, 3.8) is 0 Å². The molecule has 0 aliphatic carbocycles. The van der Waals surface area contributed by atoms with Crippen molar-refractivity contribution in [2.24, 2.45) is 0 Å². The standard InChI is InChI=1S/C21H28N2O8S/c1-6-29-18-11-14(12-19(30-7-2)20(18)31-8-3)21(24)22-23-32(25,26)15-9-10-16(27-4)17(13-15)28-5/h9-13,23H,6-8H2,1-5H3,(H,22,24). The highest BCUT2D eigenvalue weighted by molar-refractivity contribution is 7.89. The third kappa shape index (κ3) is 5.95. The zero-order valence-electron chi connectivity index (χ0n) is 18.7. The Kier molecular flexibility index (Phi) is 8.97. The summed E-state index contributed by atoms with van der Waals surface area (Å²) >= 11 is 0. The normalized spacial score (nSPS) is 10.9. The Bertz CT molecular complexity index is 1010.